The lowest BCUT2D eigenvalue weighted by Gasteiger charge is -2.12. The van der Waals surface area contributed by atoms with Gasteiger partial charge in [-0.05, 0) is 44.5 Å². The minimum Gasteiger partial charge on any atom is -0.452 e. The van der Waals surface area contributed by atoms with E-state index in [0.717, 1.165) is 15.7 Å². The van der Waals surface area contributed by atoms with Gasteiger partial charge in [0.05, 0.1) is 16.2 Å². The van der Waals surface area contributed by atoms with E-state index in [1.54, 1.807) is 0 Å². The Morgan fingerprint density at radius 1 is 1.21 bits per heavy atom. The highest BCUT2D eigenvalue weighted by molar-refractivity contribution is 7.89. The van der Waals surface area contributed by atoms with Gasteiger partial charge in [-0.1, -0.05) is 6.07 Å². The first-order valence-corrected chi connectivity index (χ1v) is 10.5. The predicted octanol–water partition coefficient (Wildman–Crippen LogP) is 1.11. The molecule has 0 atom stereocenters. The summed E-state index contributed by atoms with van der Waals surface area (Å²) in [5.41, 5.74) is 2.06. The molecule has 0 aliphatic rings. The van der Waals surface area contributed by atoms with Crippen LogP contribution in [0.3, 0.4) is 0 Å². The maximum Gasteiger partial charge on any atom is 0.338 e. The standard InChI is InChI=1S/C19H26N4O5S/c1-14-11-15(2)23(21-14)10-6-9-20-18(24)13-28-19(25)16-7-5-8-17(12-16)29(26,27)22(3)4/h5,7-8,11-12H,6,9-10,13H2,1-4H3,(H,20,24). The Bertz CT molecular complexity index is 982. The van der Waals surface area contributed by atoms with Gasteiger partial charge in [0.15, 0.2) is 6.61 Å². The normalized spacial score (nSPS) is 11.5. The summed E-state index contributed by atoms with van der Waals surface area (Å²) in [4.78, 5) is 24.0. The van der Waals surface area contributed by atoms with E-state index >= 15 is 0 Å². The van der Waals surface area contributed by atoms with Crippen molar-refractivity contribution in [2.75, 3.05) is 27.2 Å². The second-order valence-electron chi connectivity index (χ2n) is 6.75. The number of aryl methyl sites for hydroxylation is 3. The SMILES string of the molecule is Cc1cc(C)n(CCCNC(=O)COC(=O)c2cccc(S(=O)(=O)N(C)C)c2)n1. The first-order chi connectivity index (χ1) is 13.6. The second kappa shape index (κ2) is 9.66. The van der Waals surface area contributed by atoms with Crippen molar-refractivity contribution in [3.63, 3.8) is 0 Å². The fourth-order valence-electron chi connectivity index (χ4n) is 2.62. The summed E-state index contributed by atoms with van der Waals surface area (Å²) in [6.07, 6.45) is 0.687. The number of esters is 1. The number of hydrogen-bond acceptors (Lipinski definition) is 6. The molecular weight excluding hydrogens is 396 g/mol. The Morgan fingerprint density at radius 3 is 2.55 bits per heavy atom. The summed E-state index contributed by atoms with van der Waals surface area (Å²) in [7, 11) is -0.860. The van der Waals surface area contributed by atoms with Crippen LogP contribution in [0.2, 0.25) is 0 Å². The van der Waals surface area contributed by atoms with Gasteiger partial charge in [-0.25, -0.2) is 17.5 Å². The third-order valence-electron chi connectivity index (χ3n) is 4.15. The van der Waals surface area contributed by atoms with Crippen LogP contribution in [-0.2, 0) is 26.1 Å². The molecule has 0 unspecified atom stereocenters. The summed E-state index contributed by atoms with van der Waals surface area (Å²) < 4.78 is 32.2. The minimum atomic E-state index is -3.66. The van der Waals surface area contributed by atoms with Crippen molar-refractivity contribution < 1.29 is 22.7 Å². The smallest absolute Gasteiger partial charge is 0.338 e. The number of sulfonamides is 1. The van der Waals surface area contributed by atoms with Crippen molar-refractivity contribution >= 4 is 21.9 Å². The van der Waals surface area contributed by atoms with Gasteiger partial charge in [0.25, 0.3) is 5.91 Å². The Kier molecular flexibility index (Phi) is 7.52. The number of hydrogen-bond donors (Lipinski definition) is 1. The lowest BCUT2D eigenvalue weighted by molar-refractivity contribution is -0.124. The summed E-state index contributed by atoms with van der Waals surface area (Å²) in [6, 6.07) is 7.48. The van der Waals surface area contributed by atoms with E-state index in [0.29, 0.717) is 19.5 Å². The highest BCUT2D eigenvalue weighted by Crippen LogP contribution is 2.15. The largest absolute Gasteiger partial charge is 0.452 e. The summed E-state index contributed by atoms with van der Waals surface area (Å²) in [5.74, 6) is -1.19. The van der Waals surface area contributed by atoms with Crippen LogP contribution in [0.5, 0.6) is 0 Å². The molecule has 10 heteroatoms. The van der Waals surface area contributed by atoms with E-state index < -0.39 is 28.5 Å². The molecule has 2 rings (SSSR count). The molecular formula is C19H26N4O5S. The van der Waals surface area contributed by atoms with Crippen molar-refractivity contribution in [1.82, 2.24) is 19.4 Å². The van der Waals surface area contributed by atoms with Gasteiger partial charge in [0.1, 0.15) is 0 Å². The topological polar surface area (TPSA) is 111 Å². The van der Waals surface area contributed by atoms with Crippen LogP contribution in [0, 0.1) is 13.8 Å². The predicted molar refractivity (Wildman–Crippen MR) is 107 cm³/mol. The van der Waals surface area contributed by atoms with Crippen LogP contribution in [0.1, 0.15) is 28.2 Å². The fraction of sp³-hybridized carbons (Fsp3) is 0.421. The number of carbonyl (C=O) groups is 2. The average molecular weight is 423 g/mol. The molecule has 0 aliphatic carbocycles. The molecule has 2 aromatic rings. The lowest BCUT2D eigenvalue weighted by Crippen LogP contribution is -2.30. The molecule has 9 nitrogen and oxygen atoms in total. The second-order valence-corrected chi connectivity index (χ2v) is 8.90. The molecule has 0 spiro atoms. The van der Waals surface area contributed by atoms with Gasteiger partial charge >= 0.3 is 5.97 Å². The van der Waals surface area contributed by atoms with Gasteiger partial charge in [0.2, 0.25) is 10.0 Å². The number of carbonyl (C=O) groups excluding carboxylic acids is 2. The zero-order valence-electron chi connectivity index (χ0n) is 17.0. The molecule has 29 heavy (non-hydrogen) atoms. The number of rotatable bonds is 9. The van der Waals surface area contributed by atoms with Crippen LogP contribution >= 0.6 is 0 Å². The summed E-state index contributed by atoms with van der Waals surface area (Å²) in [6.45, 7) is 4.55. The van der Waals surface area contributed by atoms with Gasteiger partial charge in [-0.15, -0.1) is 0 Å². The molecule has 1 aromatic heterocycles. The average Bonchev–Trinajstić information content (AvgIpc) is 3.00. The number of ether oxygens (including phenoxy) is 1. The van der Waals surface area contributed by atoms with Gasteiger partial charge in [-0.2, -0.15) is 5.10 Å². The van der Waals surface area contributed by atoms with Crippen LogP contribution in [-0.4, -0.2) is 61.6 Å². The monoisotopic (exact) mass is 422 g/mol. The van der Waals surface area contributed by atoms with E-state index in [-0.39, 0.29) is 10.5 Å². The van der Waals surface area contributed by atoms with Gasteiger partial charge < -0.3 is 10.1 Å². The number of aromatic nitrogens is 2. The Hall–Kier alpha value is -2.72. The number of amides is 1. The lowest BCUT2D eigenvalue weighted by atomic mass is 10.2. The van der Waals surface area contributed by atoms with E-state index in [1.807, 2.05) is 24.6 Å². The van der Waals surface area contributed by atoms with Gasteiger partial charge in [-0.3, -0.25) is 9.48 Å². The molecule has 1 heterocycles. The minimum absolute atomic E-state index is 0.0226. The maximum absolute atomic E-state index is 12.1. The molecule has 0 bridgehead atoms. The summed E-state index contributed by atoms with van der Waals surface area (Å²) >= 11 is 0. The third-order valence-corrected chi connectivity index (χ3v) is 5.97. The van der Waals surface area contributed by atoms with Crippen LogP contribution in [0.4, 0.5) is 0 Å². The van der Waals surface area contributed by atoms with E-state index in [2.05, 4.69) is 10.4 Å². The Balaban J connectivity index is 1.80. The van der Waals surface area contributed by atoms with Crippen molar-refractivity contribution in [2.24, 2.45) is 0 Å². The van der Waals surface area contributed by atoms with E-state index in [4.69, 9.17) is 4.74 Å². The van der Waals surface area contributed by atoms with Crippen molar-refractivity contribution in [3.8, 4) is 0 Å². The highest BCUT2D eigenvalue weighted by atomic mass is 32.2. The number of benzene rings is 1. The first-order valence-electron chi connectivity index (χ1n) is 9.08. The first kappa shape index (κ1) is 22.6. The van der Waals surface area contributed by atoms with E-state index in [9.17, 15) is 18.0 Å². The number of nitrogens with one attached hydrogen (secondary N) is 1. The molecule has 0 radical (unpaired) electrons. The summed E-state index contributed by atoms with van der Waals surface area (Å²) in [5, 5.41) is 7.02. The Labute approximate surface area is 170 Å². The zero-order valence-corrected chi connectivity index (χ0v) is 17.8. The zero-order chi connectivity index (χ0) is 21.6. The van der Waals surface area contributed by atoms with Crippen LogP contribution in [0.15, 0.2) is 35.2 Å². The highest BCUT2D eigenvalue weighted by Gasteiger charge is 2.19. The van der Waals surface area contributed by atoms with E-state index in [1.165, 1.54) is 38.4 Å². The molecule has 1 aromatic carbocycles. The van der Waals surface area contributed by atoms with Crippen molar-refractivity contribution in [1.29, 1.82) is 0 Å². The van der Waals surface area contributed by atoms with Crippen molar-refractivity contribution in [3.05, 3.63) is 47.3 Å². The van der Waals surface area contributed by atoms with Gasteiger partial charge in [0, 0.05) is 32.9 Å². The molecule has 158 valence electrons. The fourth-order valence-corrected chi connectivity index (χ4v) is 3.57. The Morgan fingerprint density at radius 2 is 1.93 bits per heavy atom. The number of nitrogens with zero attached hydrogens (tertiary/aromatic N) is 3. The molecule has 1 N–H and O–H groups in total. The van der Waals surface area contributed by atoms with Crippen LogP contribution in [0.25, 0.3) is 0 Å². The molecule has 0 saturated heterocycles. The molecule has 0 fully saturated rings. The quantitative estimate of drug-likeness (QED) is 0.479. The molecule has 1 amide bonds. The maximum atomic E-state index is 12.1. The molecule has 0 aliphatic heterocycles. The van der Waals surface area contributed by atoms with Crippen molar-refractivity contribution in [2.45, 2.75) is 31.7 Å². The molecule has 0 saturated carbocycles. The van der Waals surface area contributed by atoms with Crippen LogP contribution < -0.4 is 5.32 Å². The third kappa shape index (κ3) is 6.13.